The highest BCUT2D eigenvalue weighted by Crippen LogP contribution is 2.40. The molecule has 0 bridgehead atoms. The molecule has 2 aromatic rings. The summed E-state index contributed by atoms with van der Waals surface area (Å²) in [6.45, 7) is 3.61. The van der Waals surface area contributed by atoms with Crippen LogP contribution < -0.4 is 10.6 Å². The molecule has 1 fully saturated rings. The summed E-state index contributed by atoms with van der Waals surface area (Å²) in [5, 5.41) is 16.5. The number of halogens is 1. The van der Waals surface area contributed by atoms with Gasteiger partial charge in [-0.15, -0.1) is 0 Å². The smallest absolute Gasteiger partial charge is 0.259 e. The SMILES string of the molecule is C/C(O)=C1\C(=O)Nc2cc(Cl)c(-c3ccc(C4CCNC4)cc3)cc21. The van der Waals surface area contributed by atoms with Crippen molar-refractivity contribution in [2.45, 2.75) is 19.3 Å². The minimum Gasteiger partial charge on any atom is -0.512 e. The number of benzene rings is 2. The van der Waals surface area contributed by atoms with Crippen LogP contribution in [-0.2, 0) is 4.79 Å². The number of nitrogens with one attached hydrogen (secondary N) is 2. The highest BCUT2D eigenvalue weighted by Gasteiger charge is 2.28. The van der Waals surface area contributed by atoms with E-state index in [9.17, 15) is 9.90 Å². The Kier molecular flexibility index (Phi) is 4.02. The van der Waals surface area contributed by atoms with Gasteiger partial charge in [0, 0.05) is 17.7 Å². The van der Waals surface area contributed by atoms with E-state index in [2.05, 4.69) is 34.9 Å². The van der Waals surface area contributed by atoms with Crippen molar-refractivity contribution >= 4 is 28.8 Å². The Morgan fingerprint density at radius 1 is 1.20 bits per heavy atom. The minimum absolute atomic E-state index is 0.00797. The molecule has 4 nitrogen and oxygen atoms in total. The van der Waals surface area contributed by atoms with Crippen LogP contribution in [0.15, 0.2) is 42.2 Å². The van der Waals surface area contributed by atoms with Gasteiger partial charge in [0.15, 0.2) is 0 Å². The van der Waals surface area contributed by atoms with Gasteiger partial charge in [-0.2, -0.15) is 0 Å². The Hall–Kier alpha value is -2.30. The molecule has 3 N–H and O–H groups in total. The molecule has 1 saturated heterocycles. The zero-order valence-electron chi connectivity index (χ0n) is 13.9. The fourth-order valence-electron chi connectivity index (χ4n) is 3.65. The highest BCUT2D eigenvalue weighted by molar-refractivity contribution is 6.36. The molecule has 0 saturated carbocycles. The lowest BCUT2D eigenvalue weighted by atomic mass is 9.94. The van der Waals surface area contributed by atoms with Gasteiger partial charge < -0.3 is 15.7 Å². The number of rotatable bonds is 2. The average molecular weight is 355 g/mol. The number of amides is 1. The molecule has 0 radical (unpaired) electrons. The predicted octanol–water partition coefficient (Wildman–Crippen LogP) is 4.33. The quantitative estimate of drug-likeness (QED) is 0.556. The number of hydrogen-bond donors (Lipinski definition) is 3. The first-order chi connectivity index (χ1) is 12.0. The third-order valence-corrected chi connectivity index (χ3v) is 5.28. The van der Waals surface area contributed by atoms with Crippen molar-refractivity contribution in [2.24, 2.45) is 0 Å². The van der Waals surface area contributed by atoms with E-state index >= 15 is 0 Å². The minimum atomic E-state index is -0.299. The Balaban J connectivity index is 1.74. The van der Waals surface area contributed by atoms with Gasteiger partial charge in [-0.3, -0.25) is 4.79 Å². The van der Waals surface area contributed by atoms with Gasteiger partial charge in [-0.1, -0.05) is 35.9 Å². The van der Waals surface area contributed by atoms with Gasteiger partial charge in [-0.25, -0.2) is 0 Å². The van der Waals surface area contributed by atoms with E-state index in [0.717, 1.165) is 30.6 Å². The molecule has 2 aliphatic heterocycles. The third kappa shape index (κ3) is 2.81. The average Bonchev–Trinajstić information content (AvgIpc) is 3.21. The second-order valence-electron chi connectivity index (χ2n) is 6.60. The van der Waals surface area contributed by atoms with E-state index < -0.39 is 0 Å². The monoisotopic (exact) mass is 354 g/mol. The first-order valence-corrected chi connectivity index (χ1v) is 8.78. The molecule has 2 heterocycles. The van der Waals surface area contributed by atoms with Gasteiger partial charge in [0.05, 0.1) is 16.3 Å². The van der Waals surface area contributed by atoms with Crippen molar-refractivity contribution in [3.05, 3.63) is 58.3 Å². The summed E-state index contributed by atoms with van der Waals surface area (Å²) in [5.41, 5.74) is 4.81. The molecule has 0 aromatic heterocycles. The molecule has 1 unspecified atom stereocenters. The number of fused-ring (bicyclic) bond motifs is 1. The second-order valence-corrected chi connectivity index (χ2v) is 7.01. The van der Waals surface area contributed by atoms with Crippen molar-refractivity contribution in [1.29, 1.82) is 0 Å². The standard InChI is InChI=1S/C20H19ClN2O2/c1-11(24)19-16-8-15(17(21)9-18(16)23-20(19)25)13-4-2-12(3-5-13)14-6-7-22-10-14/h2-5,8-9,14,22,24H,6-7,10H2,1H3,(H,23,25)/b19-11+. The molecular formula is C20H19ClN2O2. The fraction of sp³-hybridized carbons (Fsp3) is 0.250. The van der Waals surface area contributed by atoms with Crippen LogP contribution in [-0.4, -0.2) is 24.1 Å². The number of aliphatic hydroxyl groups excluding tert-OH is 1. The topological polar surface area (TPSA) is 61.4 Å². The summed E-state index contributed by atoms with van der Waals surface area (Å²) < 4.78 is 0. The summed E-state index contributed by atoms with van der Waals surface area (Å²) in [5.74, 6) is 0.277. The van der Waals surface area contributed by atoms with Crippen LogP contribution in [0.5, 0.6) is 0 Å². The van der Waals surface area contributed by atoms with E-state index in [-0.39, 0.29) is 11.7 Å². The summed E-state index contributed by atoms with van der Waals surface area (Å²) in [4.78, 5) is 12.0. The first kappa shape index (κ1) is 16.2. The van der Waals surface area contributed by atoms with Crippen LogP contribution in [0.2, 0.25) is 5.02 Å². The lowest BCUT2D eigenvalue weighted by molar-refractivity contribution is -0.110. The molecule has 128 valence electrons. The first-order valence-electron chi connectivity index (χ1n) is 8.41. The number of anilines is 1. The zero-order valence-corrected chi connectivity index (χ0v) is 14.7. The van der Waals surface area contributed by atoms with E-state index in [1.54, 1.807) is 6.07 Å². The number of allylic oxidation sites excluding steroid dienone is 1. The third-order valence-electron chi connectivity index (χ3n) is 4.97. The Morgan fingerprint density at radius 3 is 2.60 bits per heavy atom. The molecule has 2 aliphatic rings. The van der Waals surface area contributed by atoms with Crippen molar-refractivity contribution in [3.63, 3.8) is 0 Å². The molecule has 2 aromatic carbocycles. The van der Waals surface area contributed by atoms with Crippen LogP contribution in [0.25, 0.3) is 16.7 Å². The largest absolute Gasteiger partial charge is 0.512 e. The molecule has 4 rings (SSSR count). The molecule has 0 spiro atoms. The van der Waals surface area contributed by atoms with E-state index in [4.69, 9.17) is 11.6 Å². The second kappa shape index (κ2) is 6.21. The number of aliphatic hydroxyl groups is 1. The van der Waals surface area contributed by atoms with Crippen molar-refractivity contribution in [2.75, 3.05) is 18.4 Å². The molecule has 0 aliphatic carbocycles. The van der Waals surface area contributed by atoms with E-state index in [1.807, 2.05) is 6.07 Å². The lowest BCUT2D eigenvalue weighted by Gasteiger charge is -2.12. The summed E-state index contributed by atoms with van der Waals surface area (Å²) >= 11 is 6.44. The Labute approximate surface area is 151 Å². The maximum Gasteiger partial charge on any atom is 0.259 e. The summed E-state index contributed by atoms with van der Waals surface area (Å²) in [6, 6.07) is 12.1. The van der Waals surface area contributed by atoms with Gasteiger partial charge >= 0.3 is 0 Å². The van der Waals surface area contributed by atoms with Gasteiger partial charge in [-0.05, 0) is 49.1 Å². The van der Waals surface area contributed by atoms with Crippen LogP contribution in [0, 0.1) is 0 Å². The predicted molar refractivity (Wildman–Crippen MR) is 101 cm³/mol. The van der Waals surface area contributed by atoms with Gasteiger partial charge in [0.25, 0.3) is 5.91 Å². The zero-order chi connectivity index (χ0) is 17.6. The number of carbonyl (C=O) groups is 1. The maximum absolute atomic E-state index is 12.0. The molecule has 1 atom stereocenters. The molecular weight excluding hydrogens is 336 g/mol. The number of carbonyl (C=O) groups excluding carboxylic acids is 1. The fourth-order valence-corrected chi connectivity index (χ4v) is 3.92. The summed E-state index contributed by atoms with van der Waals surface area (Å²) in [6.07, 6.45) is 1.16. The normalized spacial score (nSPS) is 21.2. The highest BCUT2D eigenvalue weighted by atomic mass is 35.5. The maximum atomic E-state index is 12.0. The van der Waals surface area contributed by atoms with E-state index in [1.165, 1.54) is 12.5 Å². The Bertz CT molecular complexity index is 877. The van der Waals surface area contributed by atoms with Gasteiger partial charge in [0.1, 0.15) is 5.76 Å². The van der Waals surface area contributed by atoms with Gasteiger partial charge in [0.2, 0.25) is 0 Å². The van der Waals surface area contributed by atoms with Crippen LogP contribution in [0.1, 0.15) is 30.4 Å². The van der Waals surface area contributed by atoms with Crippen LogP contribution >= 0.6 is 11.6 Å². The molecule has 5 heteroatoms. The summed E-state index contributed by atoms with van der Waals surface area (Å²) in [7, 11) is 0. The lowest BCUT2D eigenvalue weighted by Crippen LogP contribution is -2.07. The number of hydrogen-bond acceptors (Lipinski definition) is 3. The van der Waals surface area contributed by atoms with Crippen molar-refractivity contribution in [3.8, 4) is 11.1 Å². The van der Waals surface area contributed by atoms with Crippen LogP contribution in [0.3, 0.4) is 0 Å². The molecule has 1 amide bonds. The van der Waals surface area contributed by atoms with E-state index in [0.29, 0.717) is 27.8 Å². The van der Waals surface area contributed by atoms with Crippen molar-refractivity contribution in [1.82, 2.24) is 5.32 Å². The van der Waals surface area contributed by atoms with Crippen molar-refractivity contribution < 1.29 is 9.90 Å². The van der Waals surface area contributed by atoms with Crippen LogP contribution in [0.4, 0.5) is 5.69 Å². The molecule has 25 heavy (non-hydrogen) atoms. The Morgan fingerprint density at radius 2 is 1.96 bits per heavy atom.